The Morgan fingerprint density at radius 3 is 2.29 bits per heavy atom. The van der Waals surface area contributed by atoms with Crippen molar-refractivity contribution in [2.75, 3.05) is 6.54 Å². The normalized spacial score (nSPS) is 20.8. The molecule has 2 aromatic rings. The second-order valence-electron chi connectivity index (χ2n) is 6.78. The van der Waals surface area contributed by atoms with Crippen molar-refractivity contribution in [3.63, 3.8) is 0 Å². The summed E-state index contributed by atoms with van der Waals surface area (Å²) in [6, 6.07) is 13.0. The molecule has 0 aromatic heterocycles. The predicted molar refractivity (Wildman–Crippen MR) is 94.4 cm³/mol. The molecule has 2 aromatic carbocycles. The van der Waals surface area contributed by atoms with E-state index in [1.54, 1.807) is 24.3 Å². The number of rotatable bonds is 5. The summed E-state index contributed by atoms with van der Waals surface area (Å²) >= 11 is 0. The van der Waals surface area contributed by atoms with Crippen molar-refractivity contribution < 1.29 is 15.3 Å². The zero-order valence-corrected chi connectivity index (χ0v) is 13.8. The Morgan fingerprint density at radius 1 is 0.875 bits per heavy atom. The van der Waals surface area contributed by atoms with Crippen LogP contribution in [0, 0.1) is 5.92 Å². The molecule has 0 bridgehead atoms. The van der Waals surface area contributed by atoms with E-state index in [0.717, 1.165) is 37.8 Å². The van der Waals surface area contributed by atoms with E-state index >= 15 is 0 Å². The van der Waals surface area contributed by atoms with Crippen LogP contribution in [0.3, 0.4) is 0 Å². The van der Waals surface area contributed by atoms with E-state index in [9.17, 15) is 15.3 Å². The second-order valence-corrected chi connectivity index (χ2v) is 6.78. The van der Waals surface area contributed by atoms with Gasteiger partial charge < -0.3 is 20.6 Å². The third kappa shape index (κ3) is 4.42. The summed E-state index contributed by atoms with van der Waals surface area (Å²) in [5.41, 5.74) is 2.32. The molecule has 2 unspecified atom stereocenters. The lowest BCUT2D eigenvalue weighted by molar-refractivity contribution is 0.296. The first-order chi connectivity index (χ1) is 11.6. The first kappa shape index (κ1) is 16.7. The minimum atomic E-state index is -0.0651. The molecule has 4 N–H and O–H groups in total. The van der Waals surface area contributed by atoms with Gasteiger partial charge in [-0.25, -0.2) is 0 Å². The van der Waals surface area contributed by atoms with E-state index in [1.807, 2.05) is 18.2 Å². The molecule has 128 valence electrons. The monoisotopic (exact) mass is 327 g/mol. The minimum absolute atomic E-state index is 0.0462. The van der Waals surface area contributed by atoms with Gasteiger partial charge in [0.2, 0.25) is 0 Å². The highest BCUT2D eigenvalue weighted by Crippen LogP contribution is 2.27. The standard InChI is InChI=1S/C20H25NO3/c22-18-8-4-14(5-9-18)1-2-15-3-7-17(21-13-15)11-16-6-10-19(23)20(24)12-16/h4-6,8-10,12,15,17,21-24H,1-3,7,11,13H2. The summed E-state index contributed by atoms with van der Waals surface area (Å²) < 4.78 is 0. The Labute approximate surface area is 142 Å². The molecule has 0 radical (unpaired) electrons. The molecular formula is C20H25NO3. The number of aromatic hydroxyl groups is 3. The largest absolute Gasteiger partial charge is 0.508 e. The molecule has 1 aliphatic heterocycles. The van der Waals surface area contributed by atoms with Crippen LogP contribution < -0.4 is 5.32 Å². The number of phenolic OH excluding ortho intramolecular Hbond substituents is 3. The van der Waals surface area contributed by atoms with Gasteiger partial charge in [-0.1, -0.05) is 18.2 Å². The maximum absolute atomic E-state index is 9.58. The molecule has 4 nitrogen and oxygen atoms in total. The van der Waals surface area contributed by atoms with Gasteiger partial charge >= 0.3 is 0 Å². The molecule has 0 aliphatic carbocycles. The van der Waals surface area contributed by atoms with Gasteiger partial charge in [0.25, 0.3) is 0 Å². The Bertz CT molecular complexity index is 661. The van der Waals surface area contributed by atoms with Crippen LogP contribution in [0.15, 0.2) is 42.5 Å². The molecule has 0 amide bonds. The number of piperidine rings is 1. The van der Waals surface area contributed by atoms with E-state index < -0.39 is 0 Å². The fourth-order valence-corrected chi connectivity index (χ4v) is 3.41. The average molecular weight is 327 g/mol. The number of nitrogens with one attached hydrogen (secondary N) is 1. The van der Waals surface area contributed by atoms with Crippen molar-refractivity contribution >= 4 is 0 Å². The van der Waals surface area contributed by atoms with Crippen molar-refractivity contribution in [2.24, 2.45) is 5.92 Å². The quantitative estimate of drug-likeness (QED) is 0.636. The van der Waals surface area contributed by atoms with Gasteiger partial charge in [0.1, 0.15) is 5.75 Å². The predicted octanol–water partition coefficient (Wildman–Crippen LogP) is 3.35. The molecule has 1 saturated heterocycles. The van der Waals surface area contributed by atoms with Crippen LogP contribution in [0.25, 0.3) is 0 Å². The third-order valence-electron chi connectivity index (χ3n) is 4.92. The van der Waals surface area contributed by atoms with Crippen LogP contribution in [0.2, 0.25) is 0 Å². The van der Waals surface area contributed by atoms with E-state index in [4.69, 9.17) is 0 Å². The first-order valence-electron chi connectivity index (χ1n) is 8.62. The van der Waals surface area contributed by atoms with Crippen molar-refractivity contribution in [3.8, 4) is 17.2 Å². The third-order valence-corrected chi connectivity index (χ3v) is 4.92. The van der Waals surface area contributed by atoms with Crippen molar-refractivity contribution in [3.05, 3.63) is 53.6 Å². The highest BCUT2D eigenvalue weighted by molar-refractivity contribution is 5.40. The summed E-state index contributed by atoms with van der Waals surface area (Å²) in [5.74, 6) is 0.893. The van der Waals surface area contributed by atoms with Gasteiger partial charge in [0.15, 0.2) is 11.5 Å². The fourth-order valence-electron chi connectivity index (χ4n) is 3.41. The maximum atomic E-state index is 9.58. The van der Waals surface area contributed by atoms with Crippen LogP contribution in [0.4, 0.5) is 0 Å². The number of phenols is 3. The average Bonchev–Trinajstić information content (AvgIpc) is 2.59. The lowest BCUT2D eigenvalue weighted by atomic mass is 9.87. The molecule has 3 rings (SSSR count). The van der Waals surface area contributed by atoms with Gasteiger partial charge in [0.05, 0.1) is 0 Å². The molecule has 4 heteroatoms. The Morgan fingerprint density at radius 2 is 1.62 bits per heavy atom. The highest BCUT2D eigenvalue weighted by atomic mass is 16.3. The number of aryl methyl sites for hydroxylation is 1. The van der Waals surface area contributed by atoms with E-state index in [1.165, 1.54) is 12.0 Å². The van der Waals surface area contributed by atoms with Gasteiger partial charge in [0, 0.05) is 6.04 Å². The summed E-state index contributed by atoms with van der Waals surface area (Å²) in [6.45, 7) is 1.02. The SMILES string of the molecule is Oc1ccc(CCC2CCC(Cc3ccc(O)c(O)c3)NC2)cc1. The van der Waals surface area contributed by atoms with Crippen molar-refractivity contribution in [2.45, 2.75) is 38.1 Å². The maximum Gasteiger partial charge on any atom is 0.157 e. The first-order valence-corrected chi connectivity index (χ1v) is 8.62. The Hall–Kier alpha value is -2.20. The molecule has 2 atom stereocenters. The smallest absolute Gasteiger partial charge is 0.157 e. The molecule has 1 heterocycles. The Balaban J connectivity index is 1.43. The fraction of sp³-hybridized carbons (Fsp3) is 0.400. The lowest BCUT2D eigenvalue weighted by Gasteiger charge is -2.30. The summed E-state index contributed by atoms with van der Waals surface area (Å²) in [6.07, 6.45) is 5.41. The topological polar surface area (TPSA) is 72.7 Å². The zero-order valence-electron chi connectivity index (χ0n) is 13.8. The van der Waals surface area contributed by atoms with Crippen LogP contribution >= 0.6 is 0 Å². The second kappa shape index (κ2) is 7.58. The van der Waals surface area contributed by atoms with Gasteiger partial charge in [-0.15, -0.1) is 0 Å². The Kier molecular flexibility index (Phi) is 5.26. The van der Waals surface area contributed by atoms with E-state index in [0.29, 0.717) is 17.7 Å². The van der Waals surface area contributed by atoms with E-state index in [-0.39, 0.29) is 11.5 Å². The molecule has 0 saturated carbocycles. The van der Waals surface area contributed by atoms with Crippen LogP contribution in [0.5, 0.6) is 17.2 Å². The lowest BCUT2D eigenvalue weighted by Crippen LogP contribution is -2.40. The number of benzene rings is 2. The molecule has 0 spiro atoms. The molecule has 24 heavy (non-hydrogen) atoms. The van der Waals surface area contributed by atoms with Gasteiger partial charge in [-0.3, -0.25) is 0 Å². The summed E-state index contributed by atoms with van der Waals surface area (Å²) in [7, 11) is 0. The zero-order chi connectivity index (χ0) is 16.9. The molecule has 1 fully saturated rings. The van der Waals surface area contributed by atoms with Crippen molar-refractivity contribution in [1.29, 1.82) is 0 Å². The number of hydrogen-bond donors (Lipinski definition) is 4. The molecule has 1 aliphatic rings. The van der Waals surface area contributed by atoms with Crippen molar-refractivity contribution in [1.82, 2.24) is 5.32 Å². The molecular weight excluding hydrogens is 302 g/mol. The van der Waals surface area contributed by atoms with Crippen LogP contribution in [-0.2, 0) is 12.8 Å². The van der Waals surface area contributed by atoms with Gasteiger partial charge in [-0.2, -0.15) is 0 Å². The number of hydrogen-bond acceptors (Lipinski definition) is 4. The van der Waals surface area contributed by atoms with E-state index in [2.05, 4.69) is 5.32 Å². The minimum Gasteiger partial charge on any atom is -0.508 e. The highest BCUT2D eigenvalue weighted by Gasteiger charge is 2.20. The van der Waals surface area contributed by atoms with Gasteiger partial charge in [-0.05, 0) is 80.0 Å². The summed E-state index contributed by atoms with van der Waals surface area (Å²) in [5, 5.41) is 31.9. The summed E-state index contributed by atoms with van der Waals surface area (Å²) in [4.78, 5) is 0. The van der Waals surface area contributed by atoms with Crippen LogP contribution in [0.1, 0.15) is 30.4 Å². The van der Waals surface area contributed by atoms with Crippen LogP contribution in [-0.4, -0.2) is 27.9 Å².